The van der Waals surface area contributed by atoms with Crippen LogP contribution in [-0.4, -0.2) is 40.9 Å². The maximum atomic E-state index is 12.0. The van der Waals surface area contributed by atoms with Crippen molar-refractivity contribution in [3.05, 3.63) is 66.4 Å². The highest BCUT2D eigenvalue weighted by molar-refractivity contribution is 7.98. The van der Waals surface area contributed by atoms with Gasteiger partial charge in [-0.05, 0) is 29.8 Å². The van der Waals surface area contributed by atoms with Crippen molar-refractivity contribution in [3.8, 4) is 11.6 Å². The number of rotatable bonds is 10. The van der Waals surface area contributed by atoms with Crippen molar-refractivity contribution in [1.82, 2.24) is 20.1 Å². The van der Waals surface area contributed by atoms with Gasteiger partial charge in [0, 0.05) is 31.5 Å². The molecule has 2 heterocycles. The maximum Gasteiger partial charge on any atom is 0.251 e. The third kappa shape index (κ3) is 4.90. The number of methoxy groups -OCH3 is 1. The number of hydrogen-bond acceptors (Lipinski definition) is 6. The Morgan fingerprint density at radius 2 is 2.14 bits per heavy atom. The maximum absolute atomic E-state index is 12.0. The van der Waals surface area contributed by atoms with E-state index < -0.39 is 0 Å². The number of hydrogen-bond donors (Lipinski definition) is 1. The van der Waals surface area contributed by atoms with Gasteiger partial charge in [0.05, 0.1) is 12.9 Å². The van der Waals surface area contributed by atoms with Gasteiger partial charge in [0.2, 0.25) is 5.82 Å². The van der Waals surface area contributed by atoms with Crippen LogP contribution in [0.5, 0.6) is 0 Å². The summed E-state index contributed by atoms with van der Waals surface area (Å²) in [4.78, 5) is 12.0. The number of carbonyl (C=O) groups excluding carboxylic acids is 1. The standard InChI is InChI=1S/C20H22N4O3S/c1-3-11-24-18(17-5-4-12-27-17)22-23-20(24)28-14-15-6-8-16(9-7-15)19(25)21-10-13-26-2/h3-9,12H,1,10-11,13-14H2,2H3,(H,21,25). The first kappa shape index (κ1) is 19.9. The van der Waals surface area contributed by atoms with Gasteiger partial charge in [-0.3, -0.25) is 9.36 Å². The summed E-state index contributed by atoms with van der Waals surface area (Å²) in [6.45, 7) is 5.38. The lowest BCUT2D eigenvalue weighted by atomic mass is 10.1. The SMILES string of the molecule is C=CCn1c(SCc2ccc(C(=O)NCCOC)cc2)nnc1-c1ccco1. The van der Waals surface area contributed by atoms with Crippen molar-refractivity contribution in [2.75, 3.05) is 20.3 Å². The summed E-state index contributed by atoms with van der Waals surface area (Å²) in [5.74, 6) is 1.95. The minimum absolute atomic E-state index is 0.106. The minimum atomic E-state index is -0.106. The summed E-state index contributed by atoms with van der Waals surface area (Å²) in [6, 6.07) is 11.2. The molecule has 0 bridgehead atoms. The van der Waals surface area contributed by atoms with Gasteiger partial charge in [-0.1, -0.05) is 30.0 Å². The monoisotopic (exact) mass is 398 g/mol. The number of carbonyl (C=O) groups is 1. The van der Waals surface area contributed by atoms with Gasteiger partial charge >= 0.3 is 0 Å². The van der Waals surface area contributed by atoms with E-state index in [4.69, 9.17) is 9.15 Å². The second-order valence-corrected chi connectivity index (χ2v) is 6.86. The van der Waals surface area contributed by atoms with Crippen molar-refractivity contribution >= 4 is 17.7 Å². The van der Waals surface area contributed by atoms with Crippen molar-refractivity contribution in [2.45, 2.75) is 17.5 Å². The Bertz CT molecular complexity index is 904. The van der Waals surface area contributed by atoms with E-state index in [1.165, 1.54) is 0 Å². The number of allylic oxidation sites excluding steroid dienone is 1. The fourth-order valence-electron chi connectivity index (χ4n) is 2.55. The van der Waals surface area contributed by atoms with E-state index >= 15 is 0 Å². The first-order chi connectivity index (χ1) is 13.7. The predicted octanol–water partition coefficient (Wildman–Crippen LogP) is 3.39. The summed E-state index contributed by atoms with van der Waals surface area (Å²) in [5, 5.41) is 12.1. The quantitative estimate of drug-likeness (QED) is 0.320. The van der Waals surface area contributed by atoms with E-state index in [1.54, 1.807) is 31.2 Å². The number of benzene rings is 1. The molecule has 3 rings (SSSR count). The summed E-state index contributed by atoms with van der Waals surface area (Å²) in [6.07, 6.45) is 3.42. The topological polar surface area (TPSA) is 82.2 Å². The number of thioether (sulfide) groups is 1. The van der Waals surface area contributed by atoms with Crippen LogP contribution in [-0.2, 0) is 17.0 Å². The van der Waals surface area contributed by atoms with Crippen molar-refractivity contribution in [1.29, 1.82) is 0 Å². The minimum Gasteiger partial charge on any atom is -0.461 e. The van der Waals surface area contributed by atoms with Crippen LogP contribution in [0.2, 0.25) is 0 Å². The Morgan fingerprint density at radius 3 is 2.82 bits per heavy atom. The second kappa shape index (κ2) is 9.91. The van der Waals surface area contributed by atoms with Gasteiger partial charge < -0.3 is 14.5 Å². The first-order valence-electron chi connectivity index (χ1n) is 8.79. The molecule has 0 aliphatic carbocycles. The van der Waals surface area contributed by atoms with Crippen LogP contribution in [0.3, 0.4) is 0 Å². The predicted molar refractivity (Wildman–Crippen MR) is 108 cm³/mol. The lowest BCUT2D eigenvalue weighted by Gasteiger charge is -2.07. The van der Waals surface area contributed by atoms with E-state index in [2.05, 4.69) is 22.1 Å². The molecule has 146 valence electrons. The van der Waals surface area contributed by atoms with Gasteiger partial charge in [0.1, 0.15) is 0 Å². The zero-order valence-corrected chi connectivity index (χ0v) is 16.4. The Labute approximate surface area is 167 Å². The molecule has 2 aromatic heterocycles. The van der Waals surface area contributed by atoms with Crippen LogP contribution in [0.15, 0.2) is 64.9 Å². The number of nitrogens with one attached hydrogen (secondary N) is 1. The van der Waals surface area contributed by atoms with Crippen LogP contribution < -0.4 is 5.32 Å². The molecule has 0 atom stereocenters. The molecule has 0 aliphatic rings. The van der Waals surface area contributed by atoms with Crippen LogP contribution in [0.1, 0.15) is 15.9 Å². The van der Waals surface area contributed by atoms with Crippen molar-refractivity contribution in [2.24, 2.45) is 0 Å². The largest absolute Gasteiger partial charge is 0.461 e. The summed E-state index contributed by atoms with van der Waals surface area (Å²) < 4.78 is 12.3. The average molecular weight is 398 g/mol. The second-order valence-electron chi connectivity index (χ2n) is 5.92. The molecule has 0 aliphatic heterocycles. The molecular formula is C20H22N4O3S. The number of nitrogens with zero attached hydrogens (tertiary/aromatic N) is 3. The molecule has 0 saturated carbocycles. The van der Waals surface area contributed by atoms with Crippen LogP contribution >= 0.6 is 11.8 Å². The van der Waals surface area contributed by atoms with E-state index in [-0.39, 0.29) is 5.91 Å². The molecule has 0 saturated heterocycles. The molecule has 1 amide bonds. The average Bonchev–Trinajstić information content (AvgIpc) is 3.37. The Kier molecular flexibility index (Phi) is 7.05. The first-order valence-corrected chi connectivity index (χ1v) is 9.78. The molecule has 0 radical (unpaired) electrons. The highest BCUT2D eigenvalue weighted by Gasteiger charge is 2.15. The van der Waals surface area contributed by atoms with E-state index in [0.29, 0.717) is 42.6 Å². The number of aromatic nitrogens is 3. The van der Waals surface area contributed by atoms with Crippen LogP contribution in [0, 0.1) is 0 Å². The fraction of sp³-hybridized carbons (Fsp3) is 0.250. The van der Waals surface area contributed by atoms with Gasteiger partial charge in [-0.15, -0.1) is 16.8 Å². The highest BCUT2D eigenvalue weighted by Crippen LogP contribution is 2.26. The molecule has 3 aromatic rings. The third-order valence-electron chi connectivity index (χ3n) is 3.95. The van der Waals surface area contributed by atoms with E-state index in [1.807, 2.05) is 41.0 Å². The van der Waals surface area contributed by atoms with Crippen LogP contribution in [0.25, 0.3) is 11.6 Å². The van der Waals surface area contributed by atoms with Gasteiger partial charge in [0.25, 0.3) is 5.91 Å². The normalized spacial score (nSPS) is 10.8. The molecule has 0 fully saturated rings. The van der Waals surface area contributed by atoms with Crippen molar-refractivity contribution in [3.63, 3.8) is 0 Å². The van der Waals surface area contributed by atoms with E-state index in [9.17, 15) is 4.79 Å². The molecule has 1 aromatic carbocycles. The molecule has 7 nitrogen and oxygen atoms in total. The zero-order chi connectivity index (χ0) is 19.8. The fourth-order valence-corrected chi connectivity index (χ4v) is 3.45. The third-order valence-corrected chi connectivity index (χ3v) is 4.98. The van der Waals surface area contributed by atoms with Crippen molar-refractivity contribution < 1.29 is 13.9 Å². The lowest BCUT2D eigenvalue weighted by molar-refractivity contribution is 0.0937. The molecule has 0 spiro atoms. The molecule has 8 heteroatoms. The molecular weight excluding hydrogens is 376 g/mol. The van der Waals surface area contributed by atoms with Gasteiger partial charge in [0.15, 0.2) is 10.9 Å². The zero-order valence-electron chi connectivity index (χ0n) is 15.6. The van der Waals surface area contributed by atoms with Gasteiger partial charge in [-0.25, -0.2) is 0 Å². The Morgan fingerprint density at radius 1 is 1.32 bits per heavy atom. The van der Waals surface area contributed by atoms with E-state index in [0.717, 1.165) is 10.7 Å². The lowest BCUT2D eigenvalue weighted by Crippen LogP contribution is -2.26. The summed E-state index contributed by atoms with van der Waals surface area (Å²) >= 11 is 1.57. The molecule has 1 N–H and O–H groups in total. The van der Waals surface area contributed by atoms with Crippen LogP contribution in [0.4, 0.5) is 0 Å². The number of amides is 1. The smallest absolute Gasteiger partial charge is 0.251 e. The van der Waals surface area contributed by atoms with Gasteiger partial charge in [-0.2, -0.15) is 0 Å². The molecule has 0 unspecified atom stereocenters. The highest BCUT2D eigenvalue weighted by atomic mass is 32.2. The summed E-state index contributed by atoms with van der Waals surface area (Å²) in [7, 11) is 1.60. The summed E-state index contributed by atoms with van der Waals surface area (Å²) in [5.41, 5.74) is 1.71. The Balaban J connectivity index is 1.64. The Hall–Kier alpha value is -2.84. The molecule has 28 heavy (non-hydrogen) atoms. The number of ether oxygens (including phenoxy) is 1. The number of furan rings is 1.